The van der Waals surface area contributed by atoms with Crippen LogP contribution in [-0.2, 0) is 27.2 Å². The van der Waals surface area contributed by atoms with E-state index < -0.39 is 0 Å². The van der Waals surface area contributed by atoms with E-state index in [9.17, 15) is 9.59 Å². The summed E-state index contributed by atoms with van der Waals surface area (Å²) in [5.41, 5.74) is 0.504. The molecular weight excluding hydrogens is 330 g/mol. The second-order valence-electron chi connectivity index (χ2n) is 7.75. The summed E-state index contributed by atoms with van der Waals surface area (Å²) >= 11 is 0. The Hall–Kier alpha value is -1.89. The van der Waals surface area contributed by atoms with Crippen molar-refractivity contribution in [1.29, 1.82) is 0 Å². The summed E-state index contributed by atoms with van der Waals surface area (Å²) in [6, 6.07) is 0. The van der Waals surface area contributed by atoms with Crippen LogP contribution >= 0.6 is 0 Å². The number of hydrogen-bond donors (Lipinski definition) is 0. The minimum absolute atomic E-state index is 0.245. The molecule has 0 radical (unpaired) electrons. The number of hydrogen-bond acceptors (Lipinski definition) is 4. The molecule has 2 aromatic heterocycles. The number of nitrogens with zero attached hydrogens (tertiary/aromatic N) is 5. The molecule has 26 heavy (non-hydrogen) atoms. The maximum absolute atomic E-state index is 12.8. The molecule has 0 saturated carbocycles. The molecular formula is C19H31N5O2. The minimum atomic E-state index is -0.321. The molecule has 2 aromatic rings. The zero-order valence-electron chi connectivity index (χ0n) is 16.5. The maximum Gasteiger partial charge on any atom is 0.332 e. The average Bonchev–Trinajstić information content (AvgIpc) is 2.97. The van der Waals surface area contributed by atoms with Gasteiger partial charge in [0.05, 0.1) is 6.54 Å². The highest BCUT2D eigenvalue weighted by molar-refractivity contribution is 5.71. The van der Waals surface area contributed by atoms with E-state index in [-0.39, 0.29) is 11.2 Å². The van der Waals surface area contributed by atoms with Crippen LogP contribution in [0.25, 0.3) is 11.2 Å². The Labute approximate surface area is 154 Å². The van der Waals surface area contributed by atoms with Crippen LogP contribution in [0.15, 0.2) is 9.59 Å². The minimum Gasteiger partial charge on any atom is -0.321 e. The van der Waals surface area contributed by atoms with Crippen LogP contribution in [0, 0.1) is 5.92 Å². The molecule has 1 aliphatic rings. The van der Waals surface area contributed by atoms with Crippen molar-refractivity contribution in [2.24, 2.45) is 20.0 Å². The van der Waals surface area contributed by atoms with E-state index in [0.29, 0.717) is 17.1 Å². The molecule has 0 aliphatic carbocycles. The zero-order chi connectivity index (χ0) is 18.8. The first-order valence-corrected chi connectivity index (χ1v) is 9.81. The van der Waals surface area contributed by atoms with Crippen LogP contribution in [0.4, 0.5) is 0 Å². The number of unbranched alkanes of at least 4 members (excludes halogenated alkanes) is 2. The van der Waals surface area contributed by atoms with E-state index >= 15 is 0 Å². The van der Waals surface area contributed by atoms with Gasteiger partial charge in [0.2, 0.25) is 0 Å². The van der Waals surface area contributed by atoms with Crippen molar-refractivity contribution in [3.8, 4) is 0 Å². The molecule has 1 fully saturated rings. The summed E-state index contributed by atoms with van der Waals surface area (Å²) in [6.45, 7) is 8.11. The molecule has 1 aliphatic heterocycles. The molecule has 0 amide bonds. The molecule has 1 atom stereocenters. The number of fused-ring (bicyclic) bond motifs is 1. The second-order valence-corrected chi connectivity index (χ2v) is 7.75. The Morgan fingerprint density at radius 2 is 1.92 bits per heavy atom. The lowest BCUT2D eigenvalue weighted by Crippen LogP contribution is -2.37. The Morgan fingerprint density at radius 3 is 2.62 bits per heavy atom. The van der Waals surface area contributed by atoms with Crippen molar-refractivity contribution in [3.63, 3.8) is 0 Å². The molecule has 144 valence electrons. The van der Waals surface area contributed by atoms with Crippen LogP contribution < -0.4 is 11.2 Å². The maximum atomic E-state index is 12.8. The van der Waals surface area contributed by atoms with E-state index in [0.717, 1.165) is 51.3 Å². The van der Waals surface area contributed by atoms with E-state index in [2.05, 4.69) is 23.3 Å². The predicted octanol–water partition coefficient (Wildman–Crippen LogP) is 1.86. The molecule has 1 saturated heterocycles. The number of piperidine rings is 1. The van der Waals surface area contributed by atoms with E-state index in [1.54, 1.807) is 14.1 Å². The highest BCUT2D eigenvalue weighted by Crippen LogP contribution is 2.20. The van der Waals surface area contributed by atoms with Gasteiger partial charge in [-0.1, -0.05) is 26.7 Å². The van der Waals surface area contributed by atoms with Crippen molar-refractivity contribution in [2.45, 2.75) is 59.0 Å². The SMILES string of the molecule is CCCCCn1c(CN2CCC[C@H](C)C2)nc2c1c(=O)n(C)c(=O)n2C. The third kappa shape index (κ3) is 3.49. The van der Waals surface area contributed by atoms with Gasteiger partial charge < -0.3 is 4.57 Å². The van der Waals surface area contributed by atoms with Crippen LogP contribution in [0.3, 0.4) is 0 Å². The van der Waals surface area contributed by atoms with Gasteiger partial charge in [0.25, 0.3) is 5.56 Å². The van der Waals surface area contributed by atoms with Gasteiger partial charge in [0.15, 0.2) is 11.2 Å². The largest absolute Gasteiger partial charge is 0.332 e. The number of imidazole rings is 1. The quantitative estimate of drug-likeness (QED) is 0.737. The number of likely N-dealkylation sites (tertiary alicyclic amines) is 1. The normalized spacial score (nSPS) is 18.7. The van der Waals surface area contributed by atoms with Gasteiger partial charge in [-0.2, -0.15) is 0 Å². The molecule has 0 spiro atoms. The number of aryl methyl sites for hydroxylation is 2. The van der Waals surface area contributed by atoms with Crippen molar-refractivity contribution >= 4 is 11.2 Å². The fourth-order valence-electron chi connectivity index (χ4n) is 4.00. The third-order valence-corrected chi connectivity index (χ3v) is 5.52. The lowest BCUT2D eigenvalue weighted by Gasteiger charge is -2.30. The monoisotopic (exact) mass is 361 g/mol. The topological polar surface area (TPSA) is 65.1 Å². The van der Waals surface area contributed by atoms with Crippen LogP contribution in [-0.4, -0.2) is 36.7 Å². The first kappa shape index (κ1) is 18.9. The van der Waals surface area contributed by atoms with Gasteiger partial charge in [-0.25, -0.2) is 9.78 Å². The van der Waals surface area contributed by atoms with E-state index in [1.807, 2.05) is 0 Å². The van der Waals surface area contributed by atoms with Crippen LogP contribution in [0.2, 0.25) is 0 Å². The summed E-state index contributed by atoms with van der Waals surface area (Å²) in [4.78, 5) is 32.2. The highest BCUT2D eigenvalue weighted by atomic mass is 16.2. The van der Waals surface area contributed by atoms with Gasteiger partial charge in [-0.05, 0) is 31.7 Å². The molecule has 7 nitrogen and oxygen atoms in total. The van der Waals surface area contributed by atoms with Gasteiger partial charge in [0.1, 0.15) is 5.82 Å². The fourth-order valence-corrected chi connectivity index (χ4v) is 4.00. The van der Waals surface area contributed by atoms with Gasteiger partial charge in [0, 0.05) is 27.2 Å². The van der Waals surface area contributed by atoms with Crippen molar-refractivity contribution in [3.05, 3.63) is 26.7 Å². The van der Waals surface area contributed by atoms with E-state index in [1.165, 1.54) is 22.0 Å². The smallest absolute Gasteiger partial charge is 0.321 e. The van der Waals surface area contributed by atoms with Gasteiger partial charge in [-0.15, -0.1) is 0 Å². The van der Waals surface area contributed by atoms with Gasteiger partial charge >= 0.3 is 5.69 Å². The Balaban J connectivity index is 2.07. The number of aromatic nitrogens is 4. The summed E-state index contributed by atoms with van der Waals surface area (Å²) in [7, 11) is 3.24. The molecule has 3 heterocycles. The number of rotatable bonds is 6. The lowest BCUT2D eigenvalue weighted by molar-refractivity contribution is 0.171. The van der Waals surface area contributed by atoms with E-state index in [4.69, 9.17) is 4.98 Å². The zero-order valence-corrected chi connectivity index (χ0v) is 16.5. The fraction of sp³-hybridized carbons (Fsp3) is 0.737. The Kier molecular flexibility index (Phi) is 5.65. The molecule has 3 rings (SSSR count). The van der Waals surface area contributed by atoms with Crippen molar-refractivity contribution in [1.82, 2.24) is 23.6 Å². The lowest BCUT2D eigenvalue weighted by atomic mass is 10.0. The summed E-state index contributed by atoms with van der Waals surface area (Å²) in [5, 5.41) is 0. The first-order valence-electron chi connectivity index (χ1n) is 9.81. The highest BCUT2D eigenvalue weighted by Gasteiger charge is 2.22. The average molecular weight is 361 g/mol. The summed E-state index contributed by atoms with van der Waals surface area (Å²) in [6.07, 6.45) is 5.74. The molecule has 0 aromatic carbocycles. The summed E-state index contributed by atoms with van der Waals surface area (Å²) < 4.78 is 4.74. The Bertz CT molecular complexity index is 892. The van der Waals surface area contributed by atoms with Crippen molar-refractivity contribution in [2.75, 3.05) is 13.1 Å². The standard InChI is InChI=1S/C19H31N5O2/c1-5-6-7-11-24-15(13-23-10-8-9-14(2)12-23)20-17-16(24)18(25)22(4)19(26)21(17)3/h14H,5-13H2,1-4H3/t14-/m0/s1. The van der Waals surface area contributed by atoms with Crippen LogP contribution in [0.1, 0.15) is 51.8 Å². The molecule has 0 bridgehead atoms. The Morgan fingerprint density at radius 1 is 1.15 bits per heavy atom. The first-order chi connectivity index (χ1) is 12.4. The predicted molar refractivity (Wildman–Crippen MR) is 103 cm³/mol. The summed E-state index contributed by atoms with van der Waals surface area (Å²) in [5.74, 6) is 1.60. The van der Waals surface area contributed by atoms with Crippen molar-refractivity contribution < 1.29 is 0 Å². The van der Waals surface area contributed by atoms with Gasteiger partial charge in [-0.3, -0.25) is 18.8 Å². The van der Waals surface area contributed by atoms with Crippen LogP contribution in [0.5, 0.6) is 0 Å². The molecule has 0 N–H and O–H groups in total. The second kappa shape index (κ2) is 7.78. The third-order valence-electron chi connectivity index (χ3n) is 5.52. The molecule has 0 unspecified atom stereocenters. The molecule has 7 heteroatoms.